The molecule has 6 nitrogen and oxygen atoms in total. The summed E-state index contributed by atoms with van der Waals surface area (Å²) >= 11 is 0. The predicted octanol–water partition coefficient (Wildman–Crippen LogP) is 2.22. The van der Waals surface area contributed by atoms with Crippen LogP contribution in [0.15, 0.2) is 18.2 Å². The maximum atomic E-state index is 12.7. The van der Waals surface area contributed by atoms with Crippen molar-refractivity contribution in [2.45, 2.75) is 13.1 Å². The SMILES string of the molecule is Cc1cc(Oc2cc(C(F)(F)F)cc(NN)n2)n(C)n1. The van der Waals surface area contributed by atoms with Gasteiger partial charge in [-0.25, -0.2) is 10.5 Å². The number of nitrogens with zero attached hydrogens (tertiary/aromatic N) is 3. The van der Waals surface area contributed by atoms with Gasteiger partial charge in [0.25, 0.3) is 0 Å². The van der Waals surface area contributed by atoms with Gasteiger partial charge in [-0.05, 0) is 13.0 Å². The van der Waals surface area contributed by atoms with E-state index in [9.17, 15) is 13.2 Å². The average molecular weight is 287 g/mol. The van der Waals surface area contributed by atoms with Gasteiger partial charge in [0.15, 0.2) is 0 Å². The van der Waals surface area contributed by atoms with Crippen LogP contribution in [0.25, 0.3) is 0 Å². The number of hydrazine groups is 1. The summed E-state index contributed by atoms with van der Waals surface area (Å²) < 4.78 is 44.9. The largest absolute Gasteiger partial charge is 0.421 e. The Kier molecular flexibility index (Phi) is 3.53. The summed E-state index contributed by atoms with van der Waals surface area (Å²) in [7, 11) is 1.61. The second-order valence-electron chi connectivity index (χ2n) is 4.07. The summed E-state index contributed by atoms with van der Waals surface area (Å²) in [5.41, 5.74) is 1.84. The molecule has 2 aromatic rings. The van der Waals surface area contributed by atoms with Crippen molar-refractivity contribution in [3.8, 4) is 11.8 Å². The first kappa shape index (κ1) is 14.1. The van der Waals surface area contributed by atoms with Crippen LogP contribution in [0.1, 0.15) is 11.3 Å². The van der Waals surface area contributed by atoms with Crippen LogP contribution in [-0.4, -0.2) is 14.8 Å². The molecule has 0 saturated heterocycles. The number of halogens is 3. The van der Waals surface area contributed by atoms with Crippen molar-refractivity contribution in [1.82, 2.24) is 14.8 Å². The number of alkyl halides is 3. The zero-order valence-corrected chi connectivity index (χ0v) is 10.7. The highest BCUT2D eigenvalue weighted by Gasteiger charge is 2.32. The van der Waals surface area contributed by atoms with Crippen LogP contribution in [0.4, 0.5) is 19.0 Å². The number of anilines is 1. The maximum Gasteiger partial charge on any atom is 0.416 e. The molecule has 0 amide bonds. The molecule has 0 bridgehead atoms. The van der Waals surface area contributed by atoms with Gasteiger partial charge in [-0.3, -0.25) is 0 Å². The Bertz CT molecular complexity index is 623. The topological polar surface area (TPSA) is 78.0 Å². The molecule has 0 aliphatic rings. The molecule has 0 aromatic carbocycles. The predicted molar refractivity (Wildman–Crippen MR) is 65.1 cm³/mol. The molecular formula is C11H12F3N5O. The van der Waals surface area contributed by atoms with Gasteiger partial charge in [-0.15, -0.1) is 0 Å². The van der Waals surface area contributed by atoms with Crippen LogP contribution in [0.3, 0.4) is 0 Å². The van der Waals surface area contributed by atoms with Crippen molar-refractivity contribution < 1.29 is 17.9 Å². The second kappa shape index (κ2) is 5.00. The van der Waals surface area contributed by atoms with E-state index < -0.39 is 11.7 Å². The Balaban J connectivity index is 2.38. The number of nitrogens with two attached hydrogens (primary N) is 1. The van der Waals surface area contributed by atoms with E-state index in [2.05, 4.69) is 15.5 Å². The zero-order valence-electron chi connectivity index (χ0n) is 10.7. The fraction of sp³-hybridized carbons (Fsp3) is 0.273. The summed E-state index contributed by atoms with van der Waals surface area (Å²) in [4.78, 5) is 3.81. The average Bonchev–Trinajstić information content (AvgIpc) is 2.66. The van der Waals surface area contributed by atoms with Gasteiger partial charge in [0, 0.05) is 19.2 Å². The van der Waals surface area contributed by atoms with Crippen molar-refractivity contribution in [1.29, 1.82) is 0 Å². The van der Waals surface area contributed by atoms with Gasteiger partial charge in [0.05, 0.1) is 11.3 Å². The van der Waals surface area contributed by atoms with Crippen molar-refractivity contribution in [3.63, 3.8) is 0 Å². The van der Waals surface area contributed by atoms with E-state index in [1.54, 1.807) is 20.0 Å². The molecule has 0 radical (unpaired) electrons. The Labute approximate surface area is 112 Å². The quantitative estimate of drug-likeness (QED) is 0.668. The fourth-order valence-corrected chi connectivity index (χ4v) is 1.58. The lowest BCUT2D eigenvalue weighted by atomic mass is 10.2. The molecule has 0 atom stereocenters. The highest BCUT2D eigenvalue weighted by molar-refractivity contribution is 5.42. The molecule has 0 aliphatic heterocycles. The molecule has 0 aliphatic carbocycles. The number of ether oxygens (including phenoxy) is 1. The Hall–Kier alpha value is -2.29. The minimum Gasteiger partial charge on any atom is -0.421 e. The van der Waals surface area contributed by atoms with E-state index in [0.717, 1.165) is 12.1 Å². The third kappa shape index (κ3) is 2.99. The van der Waals surface area contributed by atoms with E-state index in [1.165, 1.54) is 4.68 Å². The van der Waals surface area contributed by atoms with E-state index in [4.69, 9.17) is 10.6 Å². The minimum absolute atomic E-state index is 0.145. The summed E-state index contributed by atoms with van der Waals surface area (Å²) in [6.45, 7) is 1.74. The number of nitrogen functional groups attached to an aromatic ring is 1. The normalized spacial score (nSPS) is 11.5. The lowest BCUT2D eigenvalue weighted by Gasteiger charge is -2.11. The molecule has 0 spiro atoms. The molecule has 9 heteroatoms. The number of nitrogens with one attached hydrogen (secondary N) is 1. The van der Waals surface area contributed by atoms with Gasteiger partial charge in [0.1, 0.15) is 5.82 Å². The molecule has 0 fully saturated rings. The lowest BCUT2D eigenvalue weighted by Crippen LogP contribution is -2.12. The number of aryl methyl sites for hydroxylation is 2. The number of rotatable bonds is 3. The third-order valence-corrected chi connectivity index (χ3v) is 2.45. The maximum absolute atomic E-state index is 12.7. The Morgan fingerprint density at radius 2 is 2.00 bits per heavy atom. The van der Waals surface area contributed by atoms with Crippen LogP contribution in [-0.2, 0) is 13.2 Å². The summed E-state index contributed by atoms with van der Waals surface area (Å²) in [5, 5.41) is 4.02. The van der Waals surface area contributed by atoms with E-state index in [0.29, 0.717) is 5.69 Å². The van der Waals surface area contributed by atoms with Gasteiger partial charge >= 0.3 is 6.18 Å². The molecule has 2 rings (SSSR count). The number of hydrogen-bond donors (Lipinski definition) is 2. The molecule has 20 heavy (non-hydrogen) atoms. The molecule has 2 aromatic heterocycles. The molecule has 108 valence electrons. The Morgan fingerprint density at radius 3 is 2.50 bits per heavy atom. The van der Waals surface area contributed by atoms with Gasteiger partial charge < -0.3 is 10.2 Å². The highest BCUT2D eigenvalue weighted by Crippen LogP contribution is 2.33. The monoisotopic (exact) mass is 287 g/mol. The van der Waals surface area contributed by atoms with Gasteiger partial charge in [-0.2, -0.15) is 23.3 Å². The van der Waals surface area contributed by atoms with E-state index >= 15 is 0 Å². The van der Waals surface area contributed by atoms with Gasteiger partial charge in [-0.1, -0.05) is 0 Å². The van der Waals surface area contributed by atoms with Crippen LogP contribution in [0.5, 0.6) is 11.8 Å². The molecule has 0 saturated carbocycles. The van der Waals surface area contributed by atoms with Crippen LogP contribution in [0, 0.1) is 6.92 Å². The fourth-order valence-electron chi connectivity index (χ4n) is 1.58. The van der Waals surface area contributed by atoms with Gasteiger partial charge in [0.2, 0.25) is 11.8 Å². The van der Waals surface area contributed by atoms with E-state index in [1.807, 2.05) is 0 Å². The molecule has 3 N–H and O–H groups in total. The first-order valence-corrected chi connectivity index (χ1v) is 5.54. The third-order valence-electron chi connectivity index (χ3n) is 2.45. The first-order valence-electron chi connectivity index (χ1n) is 5.54. The molecule has 2 heterocycles. The Morgan fingerprint density at radius 1 is 1.30 bits per heavy atom. The summed E-state index contributed by atoms with van der Waals surface area (Å²) in [5.74, 6) is 5.01. The summed E-state index contributed by atoms with van der Waals surface area (Å²) in [6, 6.07) is 3.17. The van der Waals surface area contributed by atoms with Crippen LogP contribution in [0.2, 0.25) is 0 Å². The zero-order chi connectivity index (χ0) is 14.9. The highest BCUT2D eigenvalue weighted by atomic mass is 19.4. The van der Waals surface area contributed by atoms with Crippen molar-refractivity contribution in [3.05, 3.63) is 29.5 Å². The standard InChI is InChI=1S/C11H12F3N5O/c1-6-3-10(19(2)18-6)20-9-5-7(11(12,13)14)4-8(16-9)17-15/h3-5H,15H2,1-2H3,(H,16,17). The summed E-state index contributed by atoms with van der Waals surface area (Å²) in [6.07, 6.45) is -4.52. The minimum atomic E-state index is -4.52. The first-order chi connectivity index (χ1) is 9.29. The van der Waals surface area contributed by atoms with Crippen molar-refractivity contribution in [2.24, 2.45) is 12.9 Å². The smallest absolute Gasteiger partial charge is 0.416 e. The molecule has 0 unspecified atom stereocenters. The van der Waals surface area contributed by atoms with Crippen molar-refractivity contribution in [2.75, 3.05) is 5.43 Å². The van der Waals surface area contributed by atoms with Crippen molar-refractivity contribution >= 4 is 5.82 Å². The van der Waals surface area contributed by atoms with E-state index in [-0.39, 0.29) is 17.6 Å². The molecular weight excluding hydrogens is 275 g/mol. The van der Waals surface area contributed by atoms with Crippen LogP contribution < -0.4 is 16.0 Å². The van der Waals surface area contributed by atoms with Crippen LogP contribution >= 0.6 is 0 Å². The number of pyridine rings is 1. The number of aromatic nitrogens is 3. The second-order valence-corrected chi connectivity index (χ2v) is 4.07. The lowest BCUT2D eigenvalue weighted by molar-refractivity contribution is -0.137. The number of hydrogen-bond acceptors (Lipinski definition) is 5.